The Labute approximate surface area is 160 Å². The molecule has 9 nitrogen and oxygen atoms in total. The summed E-state index contributed by atoms with van der Waals surface area (Å²) in [7, 11) is 1.71. The number of carbonyl (C=O) groups is 1. The van der Waals surface area contributed by atoms with E-state index in [4.69, 9.17) is 0 Å². The van der Waals surface area contributed by atoms with Gasteiger partial charge in [0.05, 0.1) is 18.4 Å². The number of hydrogen-bond acceptors (Lipinski definition) is 5. The molecule has 0 unspecified atom stereocenters. The number of benzene rings is 1. The summed E-state index contributed by atoms with van der Waals surface area (Å²) in [6.45, 7) is 2.25. The Kier molecular flexibility index (Phi) is 4.48. The van der Waals surface area contributed by atoms with Crippen LogP contribution in [0.1, 0.15) is 11.3 Å². The quantitative estimate of drug-likeness (QED) is 0.565. The summed E-state index contributed by atoms with van der Waals surface area (Å²) in [6.07, 6.45) is 2.82. The van der Waals surface area contributed by atoms with E-state index in [9.17, 15) is 9.59 Å². The zero-order chi connectivity index (χ0) is 19.7. The molecule has 0 bridgehead atoms. The lowest BCUT2D eigenvalue weighted by molar-refractivity contribution is -0.116. The number of fused-ring (bicyclic) bond motifs is 1. The predicted octanol–water partition coefficient (Wildman–Crippen LogP) is 1.32. The molecule has 4 rings (SSSR count). The lowest BCUT2D eigenvalue weighted by Crippen LogP contribution is -2.28. The fourth-order valence-electron chi connectivity index (χ4n) is 3.04. The van der Waals surface area contributed by atoms with Gasteiger partial charge in [0, 0.05) is 13.1 Å². The number of carbonyl (C=O) groups excluding carboxylic acids is 1. The number of amides is 1. The van der Waals surface area contributed by atoms with Crippen LogP contribution < -0.4 is 10.9 Å². The van der Waals surface area contributed by atoms with E-state index < -0.39 is 0 Å². The van der Waals surface area contributed by atoms with E-state index in [1.807, 2.05) is 37.3 Å². The second kappa shape index (κ2) is 7.10. The van der Waals surface area contributed by atoms with Crippen molar-refractivity contribution in [1.29, 1.82) is 0 Å². The second-order valence-corrected chi connectivity index (χ2v) is 6.55. The Balaban J connectivity index is 1.53. The molecule has 9 heteroatoms. The zero-order valence-corrected chi connectivity index (χ0v) is 15.5. The molecule has 0 saturated carbocycles. The summed E-state index contributed by atoms with van der Waals surface area (Å²) < 4.78 is 4.52. The first-order chi connectivity index (χ1) is 13.5. The average Bonchev–Trinajstić information content (AvgIpc) is 3.21. The van der Waals surface area contributed by atoms with Crippen LogP contribution in [0.3, 0.4) is 0 Å². The Morgan fingerprint density at radius 1 is 1.21 bits per heavy atom. The highest BCUT2D eigenvalue weighted by atomic mass is 16.2. The molecule has 3 aromatic heterocycles. The Morgan fingerprint density at radius 2 is 2.00 bits per heavy atom. The molecule has 0 aliphatic heterocycles. The summed E-state index contributed by atoms with van der Waals surface area (Å²) in [5, 5.41) is 11.7. The van der Waals surface area contributed by atoms with Gasteiger partial charge in [0.15, 0.2) is 5.65 Å². The SMILES string of the molecule is Cc1cc(NC(=O)Cn2cnc3c(cnn3C)c2=O)n(Cc2ccccc2)n1. The van der Waals surface area contributed by atoms with Crippen molar-refractivity contribution in [3.63, 3.8) is 0 Å². The molecule has 0 atom stereocenters. The molecule has 0 aliphatic carbocycles. The summed E-state index contributed by atoms with van der Waals surface area (Å²) >= 11 is 0. The minimum absolute atomic E-state index is 0.147. The van der Waals surface area contributed by atoms with Crippen LogP contribution in [-0.4, -0.2) is 35.0 Å². The molecule has 0 saturated heterocycles. The Morgan fingerprint density at radius 3 is 2.79 bits per heavy atom. The van der Waals surface area contributed by atoms with Crippen LogP contribution in [0.4, 0.5) is 5.82 Å². The number of rotatable bonds is 5. The van der Waals surface area contributed by atoms with E-state index in [1.165, 1.54) is 21.8 Å². The van der Waals surface area contributed by atoms with Gasteiger partial charge < -0.3 is 5.32 Å². The highest BCUT2D eigenvalue weighted by Gasteiger charge is 2.13. The smallest absolute Gasteiger partial charge is 0.264 e. The van der Waals surface area contributed by atoms with Crippen LogP contribution in [0.5, 0.6) is 0 Å². The molecule has 0 aliphatic rings. The van der Waals surface area contributed by atoms with E-state index in [0.717, 1.165) is 11.3 Å². The maximum atomic E-state index is 12.5. The van der Waals surface area contributed by atoms with Crippen LogP contribution >= 0.6 is 0 Å². The highest BCUT2D eigenvalue weighted by Crippen LogP contribution is 2.13. The number of nitrogens with one attached hydrogen (secondary N) is 1. The van der Waals surface area contributed by atoms with Gasteiger partial charge in [-0.05, 0) is 12.5 Å². The minimum atomic E-state index is -0.332. The van der Waals surface area contributed by atoms with Crippen LogP contribution in [0, 0.1) is 6.92 Å². The maximum absolute atomic E-state index is 12.5. The van der Waals surface area contributed by atoms with Crippen LogP contribution in [0.15, 0.2) is 53.7 Å². The van der Waals surface area contributed by atoms with Crippen molar-refractivity contribution in [2.24, 2.45) is 7.05 Å². The van der Waals surface area contributed by atoms with Crippen molar-refractivity contribution in [2.45, 2.75) is 20.0 Å². The van der Waals surface area contributed by atoms with Crippen LogP contribution in [0.2, 0.25) is 0 Å². The number of hydrogen-bond donors (Lipinski definition) is 1. The summed E-state index contributed by atoms with van der Waals surface area (Å²) in [4.78, 5) is 29.2. The van der Waals surface area contributed by atoms with Gasteiger partial charge in [-0.1, -0.05) is 30.3 Å². The van der Waals surface area contributed by atoms with Gasteiger partial charge in [0.1, 0.15) is 24.1 Å². The van der Waals surface area contributed by atoms with Gasteiger partial charge in [-0.2, -0.15) is 10.2 Å². The average molecular weight is 377 g/mol. The predicted molar refractivity (Wildman–Crippen MR) is 104 cm³/mol. The first kappa shape index (κ1) is 17.7. The van der Waals surface area contributed by atoms with Crippen molar-refractivity contribution in [3.05, 3.63) is 70.5 Å². The lowest BCUT2D eigenvalue weighted by atomic mass is 10.2. The molecule has 3 heterocycles. The molecule has 1 amide bonds. The van der Waals surface area contributed by atoms with Crippen molar-refractivity contribution >= 4 is 22.8 Å². The molecule has 0 fully saturated rings. The molecule has 1 aromatic carbocycles. The number of anilines is 1. The first-order valence-electron chi connectivity index (χ1n) is 8.76. The van der Waals surface area contributed by atoms with E-state index in [0.29, 0.717) is 23.4 Å². The van der Waals surface area contributed by atoms with Gasteiger partial charge >= 0.3 is 0 Å². The minimum Gasteiger partial charge on any atom is -0.309 e. The van der Waals surface area contributed by atoms with E-state index in [-0.39, 0.29) is 18.0 Å². The molecule has 0 radical (unpaired) electrons. The number of nitrogens with zero attached hydrogens (tertiary/aromatic N) is 6. The normalized spacial score (nSPS) is 11.1. The topological polar surface area (TPSA) is 99.6 Å². The van der Waals surface area contributed by atoms with E-state index in [1.54, 1.807) is 17.8 Å². The highest BCUT2D eigenvalue weighted by molar-refractivity contribution is 5.90. The molecular formula is C19H19N7O2. The third-order valence-electron chi connectivity index (χ3n) is 4.38. The van der Waals surface area contributed by atoms with Crippen molar-refractivity contribution in [1.82, 2.24) is 29.1 Å². The third kappa shape index (κ3) is 3.41. The molecule has 4 aromatic rings. The molecule has 0 spiro atoms. The molecule has 1 N–H and O–H groups in total. The van der Waals surface area contributed by atoms with Crippen LogP contribution in [-0.2, 0) is 24.9 Å². The summed E-state index contributed by atoms with van der Waals surface area (Å²) in [5.41, 5.74) is 2.05. The fourth-order valence-corrected chi connectivity index (χ4v) is 3.04. The van der Waals surface area contributed by atoms with Crippen molar-refractivity contribution < 1.29 is 4.79 Å². The summed E-state index contributed by atoms with van der Waals surface area (Å²) in [5.74, 6) is 0.246. The second-order valence-electron chi connectivity index (χ2n) is 6.55. The Hall–Kier alpha value is -3.75. The maximum Gasteiger partial charge on any atom is 0.264 e. The van der Waals surface area contributed by atoms with E-state index in [2.05, 4.69) is 20.5 Å². The number of aromatic nitrogens is 6. The molecule has 142 valence electrons. The van der Waals surface area contributed by atoms with Gasteiger partial charge in [-0.15, -0.1) is 0 Å². The van der Waals surface area contributed by atoms with Gasteiger partial charge in [-0.3, -0.25) is 18.8 Å². The third-order valence-corrected chi connectivity index (χ3v) is 4.38. The van der Waals surface area contributed by atoms with Gasteiger partial charge in [0.25, 0.3) is 5.56 Å². The lowest BCUT2D eigenvalue weighted by Gasteiger charge is -2.10. The standard InChI is InChI=1S/C19H19N7O2/c1-13-8-16(26(23-13)10-14-6-4-3-5-7-14)22-17(27)11-25-12-20-18-15(19(25)28)9-21-24(18)2/h3-9,12H,10-11H2,1-2H3,(H,22,27). The van der Waals surface area contributed by atoms with Gasteiger partial charge in [-0.25, -0.2) is 9.67 Å². The van der Waals surface area contributed by atoms with E-state index >= 15 is 0 Å². The fraction of sp³-hybridized carbons (Fsp3) is 0.211. The largest absolute Gasteiger partial charge is 0.309 e. The molecule has 28 heavy (non-hydrogen) atoms. The van der Waals surface area contributed by atoms with Crippen molar-refractivity contribution in [3.8, 4) is 0 Å². The summed E-state index contributed by atoms with van der Waals surface area (Å²) in [6, 6.07) is 11.7. The van der Waals surface area contributed by atoms with Crippen LogP contribution in [0.25, 0.3) is 11.0 Å². The number of aryl methyl sites for hydroxylation is 2. The Bertz CT molecular complexity index is 1200. The molecular weight excluding hydrogens is 358 g/mol. The zero-order valence-electron chi connectivity index (χ0n) is 15.5. The van der Waals surface area contributed by atoms with Crippen molar-refractivity contribution in [2.75, 3.05) is 5.32 Å². The monoisotopic (exact) mass is 377 g/mol. The van der Waals surface area contributed by atoms with Gasteiger partial charge in [0.2, 0.25) is 5.91 Å². The first-order valence-corrected chi connectivity index (χ1v) is 8.76.